The lowest BCUT2D eigenvalue weighted by atomic mass is 10.1. The Morgan fingerprint density at radius 3 is 2.62 bits per heavy atom. The monoisotopic (exact) mass is 363 g/mol. The number of benzene rings is 2. The van der Waals surface area contributed by atoms with E-state index in [0.29, 0.717) is 0 Å². The zero-order valence-corrected chi connectivity index (χ0v) is 15.6. The molecule has 0 bridgehead atoms. The van der Waals surface area contributed by atoms with Gasteiger partial charge in [-0.2, -0.15) is 0 Å². The number of carbonyl (C=O) groups is 1. The Labute approximate surface area is 158 Å². The van der Waals surface area contributed by atoms with Crippen molar-refractivity contribution in [1.82, 2.24) is 5.32 Å². The maximum absolute atomic E-state index is 12.5. The zero-order chi connectivity index (χ0) is 18.4. The first-order valence-electron chi connectivity index (χ1n) is 8.39. The van der Waals surface area contributed by atoms with E-state index in [4.69, 9.17) is 4.74 Å². The molecular formula is C22H21NO2S. The molecule has 132 valence electrons. The number of rotatable bonds is 6. The fourth-order valence-electron chi connectivity index (χ4n) is 2.76. The van der Waals surface area contributed by atoms with Gasteiger partial charge < -0.3 is 10.1 Å². The first-order chi connectivity index (χ1) is 12.7. The van der Waals surface area contributed by atoms with Gasteiger partial charge in [-0.05, 0) is 42.1 Å². The van der Waals surface area contributed by atoms with E-state index in [1.165, 1.54) is 0 Å². The fourth-order valence-corrected chi connectivity index (χ4v) is 3.56. The molecule has 0 saturated heterocycles. The van der Waals surface area contributed by atoms with Crippen LogP contribution in [0.4, 0.5) is 0 Å². The number of methoxy groups -OCH3 is 1. The topological polar surface area (TPSA) is 38.3 Å². The molecule has 1 amide bonds. The summed E-state index contributed by atoms with van der Waals surface area (Å²) in [5.41, 5.74) is 3.06. The average Bonchev–Trinajstić information content (AvgIpc) is 3.19. The minimum absolute atomic E-state index is 0.143. The Balaban J connectivity index is 1.80. The van der Waals surface area contributed by atoms with E-state index in [0.717, 1.165) is 27.3 Å². The first kappa shape index (κ1) is 18.0. The maximum Gasteiger partial charge on any atom is 0.244 e. The minimum atomic E-state index is -0.159. The second-order valence-corrected chi connectivity index (χ2v) is 6.93. The van der Waals surface area contributed by atoms with E-state index in [1.54, 1.807) is 30.6 Å². The quantitative estimate of drug-likeness (QED) is 0.627. The Hall–Kier alpha value is -2.85. The zero-order valence-electron chi connectivity index (χ0n) is 14.8. The van der Waals surface area contributed by atoms with Crippen LogP contribution < -0.4 is 10.1 Å². The molecule has 0 radical (unpaired) electrons. The summed E-state index contributed by atoms with van der Waals surface area (Å²) >= 11 is 1.63. The van der Waals surface area contributed by atoms with Crippen LogP contribution in [0.2, 0.25) is 0 Å². The minimum Gasteiger partial charge on any atom is -0.496 e. The number of nitrogens with one attached hydrogen (secondary N) is 1. The third-order valence-corrected chi connectivity index (χ3v) is 4.98. The summed E-state index contributed by atoms with van der Waals surface area (Å²) in [6, 6.07) is 19.8. The van der Waals surface area contributed by atoms with Gasteiger partial charge in [-0.15, -0.1) is 11.3 Å². The normalized spacial score (nSPS) is 12.1. The van der Waals surface area contributed by atoms with Gasteiger partial charge in [0.1, 0.15) is 5.75 Å². The molecule has 1 atom stereocenters. The average molecular weight is 363 g/mol. The summed E-state index contributed by atoms with van der Waals surface area (Å²) < 4.78 is 5.36. The van der Waals surface area contributed by atoms with Crippen LogP contribution in [0.3, 0.4) is 0 Å². The summed E-state index contributed by atoms with van der Waals surface area (Å²) in [6.07, 6.45) is 3.35. The van der Waals surface area contributed by atoms with Crippen molar-refractivity contribution < 1.29 is 9.53 Å². The summed E-state index contributed by atoms with van der Waals surface area (Å²) in [5.74, 6) is 0.605. The van der Waals surface area contributed by atoms with E-state index in [2.05, 4.69) is 5.32 Å². The lowest BCUT2D eigenvalue weighted by Crippen LogP contribution is -2.27. The van der Waals surface area contributed by atoms with E-state index >= 15 is 0 Å². The second kappa shape index (κ2) is 8.50. The van der Waals surface area contributed by atoms with Gasteiger partial charge in [-0.1, -0.05) is 48.0 Å². The number of aryl methyl sites for hydroxylation is 1. The summed E-state index contributed by atoms with van der Waals surface area (Å²) in [6.45, 7) is 2.01. The number of hydrogen-bond donors (Lipinski definition) is 1. The molecule has 1 aromatic heterocycles. The van der Waals surface area contributed by atoms with E-state index in [9.17, 15) is 4.79 Å². The molecule has 1 heterocycles. The molecule has 4 heteroatoms. The van der Waals surface area contributed by atoms with Crippen molar-refractivity contribution in [1.29, 1.82) is 0 Å². The van der Waals surface area contributed by atoms with Crippen molar-refractivity contribution in [2.24, 2.45) is 0 Å². The smallest absolute Gasteiger partial charge is 0.244 e. The van der Waals surface area contributed by atoms with Gasteiger partial charge in [0.25, 0.3) is 0 Å². The molecule has 0 spiro atoms. The summed E-state index contributed by atoms with van der Waals surface area (Å²) in [5, 5.41) is 5.12. The molecule has 0 aliphatic carbocycles. The van der Waals surface area contributed by atoms with E-state index in [1.807, 2.05) is 73.0 Å². The molecular weight excluding hydrogens is 342 g/mol. The molecule has 3 rings (SSSR count). The predicted octanol–water partition coefficient (Wildman–Crippen LogP) is 4.98. The van der Waals surface area contributed by atoms with Crippen molar-refractivity contribution in [3.05, 3.63) is 93.7 Å². The lowest BCUT2D eigenvalue weighted by molar-refractivity contribution is -0.116. The largest absolute Gasteiger partial charge is 0.496 e. The molecule has 3 aromatic rings. The number of hydrogen-bond acceptors (Lipinski definition) is 3. The van der Waals surface area contributed by atoms with Crippen LogP contribution in [-0.2, 0) is 4.79 Å². The van der Waals surface area contributed by atoms with Gasteiger partial charge in [0.2, 0.25) is 5.91 Å². The molecule has 3 nitrogen and oxygen atoms in total. The van der Waals surface area contributed by atoms with E-state index in [-0.39, 0.29) is 11.9 Å². The highest BCUT2D eigenvalue weighted by Gasteiger charge is 2.16. The lowest BCUT2D eigenvalue weighted by Gasteiger charge is -2.17. The highest BCUT2D eigenvalue weighted by molar-refractivity contribution is 7.10. The molecule has 2 aromatic carbocycles. The van der Waals surface area contributed by atoms with Crippen LogP contribution in [0, 0.1) is 6.92 Å². The van der Waals surface area contributed by atoms with Crippen LogP contribution in [0.5, 0.6) is 5.75 Å². The maximum atomic E-state index is 12.5. The van der Waals surface area contributed by atoms with Crippen LogP contribution in [0.25, 0.3) is 6.08 Å². The van der Waals surface area contributed by atoms with Crippen molar-refractivity contribution in [3.8, 4) is 5.75 Å². The molecule has 0 fully saturated rings. The molecule has 26 heavy (non-hydrogen) atoms. The molecule has 1 N–H and O–H groups in total. The first-order valence-corrected chi connectivity index (χ1v) is 9.27. The van der Waals surface area contributed by atoms with Crippen molar-refractivity contribution >= 4 is 23.3 Å². The second-order valence-electron chi connectivity index (χ2n) is 5.95. The van der Waals surface area contributed by atoms with Gasteiger partial charge in [0.15, 0.2) is 0 Å². The summed E-state index contributed by atoms with van der Waals surface area (Å²) in [4.78, 5) is 13.6. The highest BCUT2D eigenvalue weighted by Crippen LogP contribution is 2.26. The van der Waals surface area contributed by atoms with Gasteiger partial charge in [-0.3, -0.25) is 4.79 Å². The Morgan fingerprint density at radius 1 is 1.12 bits per heavy atom. The fraction of sp³-hybridized carbons (Fsp3) is 0.136. The van der Waals surface area contributed by atoms with Crippen LogP contribution in [0.15, 0.2) is 72.1 Å². The van der Waals surface area contributed by atoms with Crippen molar-refractivity contribution in [2.75, 3.05) is 7.11 Å². The highest BCUT2D eigenvalue weighted by atomic mass is 32.1. The molecule has 0 saturated carbocycles. The van der Waals surface area contributed by atoms with Crippen molar-refractivity contribution in [2.45, 2.75) is 13.0 Å². The Morgan fingerprint density at radius 2 is 1.92 bits per heavy atom. The van der Waals surface area contributed by atoms with Gasteiger partial charge in [0.05, 0.1) is 13.2 Å². The van der Waals surface area contributed by atoms with Crippen LogP contribution in [-0.4, -0.2) is 13.0 Å². The van der Waals surface area contributed by atoms with Gasteiger partial charge >= 0.3 is 0 Å². The predicted molar refractivity (Wildman–Crippen MR) is 108 cm³/mol. The number of amides is 1. The van der Waals surface area contributed by atoms with E-state index < -0.39 is 0 Å². The number of carbonyl (C=O) groups excluding carboxylic acids is 1. The van der Waals surface area contributed by atoms with Crippen molar-refractivity contribution in [3.63, 3.8) is 0 Å². The molecule has 0 aliphatic heterocycles. The SMILES string of the molecule is COc1ccc(C)cc1/C=C/C(=O)NC(c1ccccc1)c1cccs1. The van der Waals surface area contributed by atoms with Gasteiger partial charge in [-0.25, -0.2) is 0 Å². The van der Waals surface area contributed by atoms with Crippen LogP contribution in [0.1, 0.15) is 27.6 Å². The standard InChI is InChI=1S/C22H21NO2S/c1-16-10-12-19(25-2)18(15-16)11-13-21(24)23-22(20-9-6-14-26-20)17-7-4-3-5-8-17/h3-15,22H,1-2H3,(H,23,24)/b13-11+. The third-order valence-electron chi connectivity index (χ3n) is 4.05. The van der Waals surface area contributed by atoms with Gasteiger partial charge in [0, 0.05) is 16.5 Å². The third kappa shape index (κ3) is 4.41. The number of ether oxygens (including phenoxy) is 1. The molecule has 0 aliphatic rings. The number of thiophene rings is 1. The van der Waals surface area contributed by atoms with Crippen LogP contribution >= 0.6 is 11.3 Å². The molecule has 1 unspecified atom stereocenters. The summed E-state index contributed by atoms with van der Waals surface area (Å²) in [7, 11) is 1.63. The Kier molecular flexibility index (Phi) is 5.87. The Bertz CT molecular complexity index is 886.